The molecule has 1 aliphatic carbocycles. The van der Waals surface area contributed by atoms with Gasteiger partial charge in [0.15, 0.2) is 6.61 Å². The van der Waals surface area contributed by atoms with E-state index in [2.05, 4.69) is 12.2 Å². The van der Waals surface area contributed by atoms with E-state index in [4.69, 9.17) is 21.1 Å². The van der Waals surface area contributed by atoms with Crippen LogP contribution >= 0.6 is 11.6 Å². The number of amides is 1. The molecule has 1 amide bonds. The molecule has 1 fully saturated rings. The fourth-order valence-corrected chi connectivity index (χ4v) is 3.34. The number of fused-ring (bicyclic) bond motifs is 1. The van der Waals surface area contributed by atoms with E-state index in [0.717, 1.165) is 37.2 Å². The largest absolute Gasteiger partial charge is 0.488 e. The molecule has 1 aromatic rings. The Bertz CT molecular complexity index is 693. The molecule has 134 valence electrons. The van der Waals surface area contributed by atoms with Crippen LogP contribution in [0.1, 0.15) is 38.2 Å². The molecular weight excluding hydrogens is 342 g/mol. The summed E-state index contributed by atoms with van der Waals surface area (Å²) in [6.45, 7) is 2.07. The van der Waals surface area contributed by atoms with E-state index in [1.54, 1.807) is 24.3 Å². The Kier molecular flexibility index (Phi) is 5.63. The van der Waals surface area contributed by atoms with Crippen molar-refractivity contribution in [3.63, 3.8) is 0 Å². The molecule has 0 atom stereocenters. The molecule has 25 heavy (non-hydrogen) atoms. The number of benzene rings is 1. The number of halogens is 1. The van der Waals surface area contributed by atoms with Crippen LogP contribution in [-0.4, -0.2) is 31.1 Å². The summed E-state index contributed by atoms with van der Waals surface area (Å²) in [4.78, 5) is 24.1. The standard InChI is InChI=1S/C19H22ClNO4/c1-12-2-5-16(6-3-12)21-18(22)11-25-19(23)14-8-13-9-15(20)4-7-17(13)24-10-14/h4,7-9,12,16H,2-3,5-6,10-11H2,1H3,(H,21,22). The van der Waals surface area contributed by atoms with Gasteiger partial charge in [0.25, 0.3) is 5.91 Å². The lowest BCUT2D eigenvalue weighted by Crippen LogP contribution is -2.39. The zero-order chi connectivity index (χ0) is 17.8. The summed E-state index contributed by atoms with van der Waals surface area (Å²) in [6.07, 6.45) is 5.90. The average Bonchev–Trinajstić information content (AvgIpc) is 2.61. The highest BCUT2D eigenvalue weighted by molar-refractivity contribution is 6.30. The average molecular weight is 364 g/mol. The second-order valence-electron chi connectivity index (χ2n) is 6.74. The SMILES string of the molecule is CC1CCC(NC(=O)COC(=O)C2=Cc3cc(Cl)ccc3OC2)CC1. The van der Waals surface area contributed by atoms with E-state index in [1.807, 2.05) is 0 Å². The molecular formula is C19H22ClNO4. The molecule has 1 N–H and O–H groups in total. The normalized spacial score (nSPS) is 22.2. The molecule has 0 aromatic heterocycles. The van der Waals surface area contributed by atoms with Crippen LogP contribution in [0.4, 0.5) is 0 Å². The van der Waals surface area contributed by atoms with Crippen molar-refractivity contribution in [1.29, 1.82) is 0 Å². The lowest BCUT2D eigenvalue weighted by atomic mass is 9.87. The number of carbonyl (C=O) groups excluding carboxylic acids is 2. The fraction of sp³-hybridized carbons (Fsp3) is 0.474. The molecule has 0 spiro atoms. The molecule has 1 saturated carbocycles. The first kappa shape index (κ1) is 17.8. The van der Waals surface area contributed by atoms with Crippen LogP contribution < -0.4 is 10.1 Å². The van der Waals surface area contributed by atoms with Gasteiger partial charge < -0.3 is 14.8 Å². The van der Waals surface area contributed by atoms with Gasteiger partial charge in [0.2, 0.25) is 0 Å². The van der Waals surface area contributed by atoms with Gasteiger partial charge in [-0.1, -0.05) is 18.5 Å². The second-order valence-corrected chi connectivity index (χ2v) is 7.18. The highest BCUT2D eigenvalue weighted by atomic mass is 35.5. The Morgan fingerprint density at radius 2 is 2.04 bits per heavy atom. The Morgan fingerprint density at radius 3 is 2.80 bits per heavy atom. The quantitative estimate of drug-likeness (QED) is 0.833. The van der Waals surface area contributed by atoms with E-state index >= 15 is 0 Å². The van der Waals surface area contributed by atoms with E-state index in [0.29, 0.717) is 16.3 Å². The molecule has 6 heteroatoms. The number of nitrogens with one attached hydrogen (secondary N) is 1. The summed E-state index contributed by atoms with van der Waals surface area (Å²) in [6, 6.07) is 5.40. The van der Waals surface area contributed by atoms with E-state index in [1.165, 1.54) is 0 Å². The predicted molar refractivity (Wildman–Crippen MR) is 95.4 cm³/mol. The first-order valence-electron chi connectivity index (χ1n) is 8.60. The topological polar surface area (TPSA) is 64.6 Å². The van der Waals surface area contributed by atoms with Gasteiger partial charge >= 0.3 is 5.97 Å². The third kappa shape index (κ3) is 4.75. The zero-order valence-electron chi connectivity index (χ0n) is 14.2. The Labute approximate surface area is 152 Å². The maximum Gasteiger partial charge on any atom is 0.338 e. The lowest BCUT2D eigenvalue weighted by molar-refractivity contribution is -0.145. The number of hydrogen-bond donors (Lipinski definition) is 1. The summed E-state index contributed by atoms with van der Waals surface area (Å²) < 4.78 is 10.6. The Balaban J connectivity index is 1.50. The molecule has 0 bridgehead atoms. The number of hydrogen-bond acceptors (Lipinski definition) is 4. The number of ether oxygens (including phenoxy) is 2. The molecule has 0 saturated heterocycles. The van der Waals surface area contributed by atoms with Gasteiger partial charge in [-0.15, -0.1) is 0 Å². The minimum atomic E-state index is -0.543. The highest BCUT2D eigenvalue weighted by Crippen LogP contribution is 2.29. The van der Waals surface area contributed by atoms with Crippen LogP contribution in [0.15, 0.2) is 23.8 Å². The Hall–Kier alpha value is -2.01. The van der Waals surface area contributed by atoms with Gasteiger partial charge in [-0.05, 0) is 55.9 Å². The lowest BCUT2D eigenvalue weighted by Gasteiger charge is -2.26. The van der Waals surface area contributed by atoms with Crippen molar-refractivity contribution in [1.82, 2.24) is 5.32 Å². The van der Waals surface area contributed by atoms with Crippen molar-refractivity contribution in [2.75, 3.05) is 13.2 Å². The van der Waals surface area contributed by atoms with E-state index in [9.17, 15) is 9.59 Å². The summed E-state index contributed by atoms with van der Waals surface area (Å²) in [5.74, 6) is 0.595. The van der Waals surface area contributed by atoms with Gasteiger partial charge in [-0.2, -0.15) is 0 Å². The molecule has 3 rings (SSSR count). The summed E-state index contributed by atoms with van der Waals surface area (Å²) in [5.41, 5.74) is 1.10. The van der Waals surface area contributed by atoms with Crippen molar-refractivity contribution in [3.8, 4) is 5.75 Å². The van der Waals surface area contributed by atoms with Gasteiger partial charge in [0.05, 0.1) is 5.57 Å². The van der Waals surface area contributed by atoms with E-state index < -0.39 is 5.97 Å². The summed E-state index contributed by atoms with van der Waals surface area (Å²) in [5, 5.41) is 3.50. The van der Waals surface area contributed by atoms with Gasteiger partial charge in [-0.3, -0.25) is 4.79 Å². The minimum Gasteiger partial charge on any atom is -0.488 e. The number of esters is 1. The maximum atomic E-state index is 12.1. The maximum absolute atomic E-state index is 12.1. The second kappa shape index (κ2) is 7.91. The zero-order valence-corrected chi connectivity index (χ0v) is 15.0. The van der Waals surface area contributed by atoms with Crippen LogP contribution in [-0.2, 0) is 14.3 Å². The molecule has 0 radical (unpaired) electrons. The number of carbonyl (C=O) groups is 2. The highest BCUT2D eigenvalue weighted by Gasteiger charge is 2.22. The first-order chi connectivity index (χ1) is 12.0. The molecule has 1 heterocycles. The van der Waals surface area contributed by atoms with Crippen LogP contribution in [0.5, 0.6) is 5.75 Å². The first-order valence-corrected chi connectivity index (χ1v) is 8.98. The third-order valence-corrected chi connectivity index (χ3v) is 4.90. The molecule has 1 aromatic carbocycles. The van der Waals surface area contributed by atoms with Crippen molar-refractivity contribution in [2.24, 2.45) is 5.92 Å². The third-order valence-electron chi connectivity index (χ3n) is 4.66. The number of rotatable bonds is 4. The van der Waals surface area contributed by atoms with Gasteiger partial charge in [0.1, 0.15) is 12.4 Å². The van der Waals surface area contributed by atoms with Crippen LogP contribution in [0.2, 0.25) is 5.02 Å². The van der Waals surface area contributed by atoms with Crippen LogP contribution in [0.25, 0.3) is 6.08 Å². The molecule has 0 unspecified atom stereocenters. The van der Waals surface area contributed by atoms with Gasteiger partial charge in [-0.25, -0.2) is 4.79 Å². The monoisotopic (exact) mass is 363 g/mol. The molecule has 2 aliphatic rings. The smallest absolute Gasteiger partial charge is 0.338 e. The van der Waals surface area contributed by atoms with Crippen LogP contribution in [0.3, 0.4) is 0 Å². The van der Waals surface area contributed by atoms with Crippen molar-refractivity contribution >= 4 is 29.6 Å². The van der Waals surface area contributed by atoms with Crippen molar-refractivity contribution in [2.45, 2.75) is 38.6 Å². The Morgan fingerprint density at radius 1 is 1.28 bits per heavy atom. The van der Waals surface area contributed by atoms with Gasteiger partial charge in [0, 0.05) is 16.6 Å². The van der Waals surface area contributed by atoms with Crippen LogP contribution in [0, 0.1) is 5.92 Å². The molecule has 5 nitrogen and oxygen atoms in total. The fourth-order valence-electron chi connectivity index (χ4n) is 3.16. The summed E-state index contributed by atoms with van der Waals surface area (Å²) >= 11 is 5.95. The van der Waals surface area contributed by atoms with E-state index in [-0.39, 0.29) is 25.2 Å². The van der Waals surface area contributed by atoms with Crippen molar-refractivity contribution in [3.05, 3.63) is 34.4 Å². The predicted octanol–water partition coefficient (Wildman–Crippen LogP) is 3.35. The minimum absolute atomic E-state index is 0.121. The molecule has 1 aliphatic heterocycles. The summed E-state index contributed by atoms with van der Waals surface area (Å²) in [7, 11) is 0. The van der Waals surface area contributed by atoms with Crippen molar-refractivity contribution < 1.29 is 19.1 Å².